The quantitative estimate of drug-likeness (QED) is 0.666. The molecule has 0 atom stereocenters. The van der Waals surface area contributed by atoms with Crippen LogP contribution in [0.15, 0.2) is 48.7 Å². The number of aromatic nitrogens is 1. The van der Waals surface area contributed by atoms with Crippen LogP contribution in [0.2, 0.25) is 0 Å². The number of rotatable bonds is 4. The van der Waals surface area contributed by atoms with Gasteiger partial charge in [-0.2, -0.15) is 0 Å². The van der Waals surface area contributed by atoms with E-state index in [1.165, 1.54) is 42.9 Å². The molecule has 1 saturated heterocycles. The Morgan fingerprint density at radius 3 is 2.62 bits per heavy atom. The van der Waals surface area contributed by atoms with E-state index in [2.05, 4.69) is 39.9 Å². The minimum Gasteiger partial charge on any atom is -0.346 e. The maximum Gasteiger partial charge on any atom is 0.123 e. The molecule has 0 radical (unpaired) electrons. The van der Waals surface area contributed by atoms with Gasteiger partial charge in [0.1, 0.15) is 5.82 Å². The minimum absolute atomic E-state index is 0.180. The summed E-state index contributed by atoms with van der Waals surface area (Å²) < 4.78 is 16.0. The molecule has 3 aromatic rings. The number of fused-ring (bicyclic) bond motifs is 1. The number of likely N-dealkylation sites (tertiary alicyclic amines) is 1. The highest BCUT2D eigenvalue weighted by Gasteiger charge is 2.13. The predicted molar refractivity (Wildman–Crippen MR) is 97.7 cm³/mol. The molecule has 3 heteroatoms. The average molecular weight is 322 g/mol. The molecule has 0 N–H and O–H groups in total. The fraction of sp³-hybridized carbons (Fsp3) is 0.333. The molecule has 2 heterocycles. The van der Waals surface area contributed by atoms with Gasteiger partial charge in [0, 0.05) is 30.2 Å². The van der Waals surface area contributed by atoms with Gasteiger partial charge in [0.15, 0.2) is 0 Å². The molecule has 0 unspecified atom stereocenters. The van der Waals surface area contributed by atoms with Crippen molar-refractivity contribution in [3.63, 3.8) is 0 Å². The van der Waals surface area contributed by atoms with Crippen LogP contribution in [0.5, 0.6) is 0 Å². The van der Waals surface area contributed by atoms with E-state index in [9.17, 15) is 4.39 Å². The second kappa shape index (κ2) is 6.40. The van der Waals surface area contributed by atoms with Crippen molar-refractivity contribution in [1.29, 1.82) is 0 Å². The van der Waals surface area contributed by atoms with Crippen molar-refractivity contribution in [1.82, 2.24) is 9.47 Å². The van der Waals surface area contributed by atoms with Crippen LogP contribution in [0.1, 0.15) is 18.4 Å². The number of halogens is 1. The van der Waals surface area contributed by atoms with Crippen LogP contribution in [0.25, 0.3) is 22.0 Å². The molecule has 124 valence electrons. The van der Waals surface area contributed by atoms with Crippen molar-refractivity contribution < 1.29 is 4.39 Å². The van der Waals surface area contributed by atoms with Crippen molar-refractivity contribution >= 4 is 10.9 Å². The van der Waals surface area contributed by atoms with Gasteiger partial charge >= 0.3 is 0 Å². The first kappa shape index (κ1) is 15.4. The molecule has 0 amide bonds. The molecular formula is C21H23FN2. The summed E-state index contributed by atoms with van der Waals surface area (Å²) in [7, 11) is 0. The van der Waals surface area contributed by atoms with Crippen LogP contribution < -0.4 is 0 Å². The Morgan fingerprint density at radius 1 is 0.958 bits per heavy atom. The van der Waals surface area contributed by atoms with E-state index >= 15 is 0 Å². The first-order valence-corrected chi connectivity index (χ1v) is 8.79. The van der Waals surface area contributed by atoms with Crippen molar-refractivity contribution in [3.05, 3.63) is 60.0 Å². The smallest absolute Gasteiger partial charge is 0.123 e. The van der Waals surface area contributed by atoms with Gasteiger partial charge in [-0.25, -0.2) is 4.39 Å². The summed E-state index contributed by atoms with van der Waals surface area (Å²) in [6.07, 6.45) is 4.82. The summed E-state index contributed by atoms with van der Waals surface area (Å²) in [6, 6.07) is 13.5. The minimum atomic E-state index is -0.180. The van der Waals surface area contributed by atoms with E-state index in [1.807, 2.05) is 13.0 Å². The van der Waals surface area contributed by atoms with Gasteiger partial charge in [0.2, 0.25) is 0 Å². The lowest BCUT2D eigenvalue weighted by atomic mass is 9.97. The molecule has 0 saturated carbocycles. The molecule has 0 bridgehead atoms. The molecule has 4 rings (SSSR count). The summed E-state index contributed by atoms with van der Waals surface area (Å²) in [6.45, 7) is 6.61. The second-order valence-electron chi connectivity index (χ2n) is 6.76. The van der Waals surface area contributed by atoms with Crippen LogP contribution in [0, 0.1) is 12.7 Å². The van der Waals surface area contributed by atoms with Crippen LogP contribution in [-0.4, -0.2) is 29.1 Å². The predicted octanol–water partition coefficient (Wildman–Crippen LogP) is 4.85. The molecular weight excluding hydrogens is 299 g/mol. The third kappa shape index (κ3) is 2.84. The Kier molecular flexibility index (Phi) is 4.11. The van der Waals surface area contributed by atoms with Crippen molar-refractivity contribution in [3.8, 4) is 11.1 Å². The van der Waals surface area contributed by atoms with E-state index < -0.39 is 0 Å². The van der Waals surface area contributed by atoms with Gasteiger partial charge in [-0.05, 0) is 73.8 Å². The number of nitrogens with zero attached hydrogens (tertiary/aromatic N) is 2. The Balaban J connectivity index is 1.69. The molecule has 0 aliphatic carbocycles. The summed E-state index contributed by atoms with van der Waals surface area (Å²) in [5, 5.41) is 1.20. The first-order valence-electron chi connectivity index (χ1n) is 8.79. The second-order valence-corrected chi connectivity index (χ2v) is 6.76. The van der Waals surface area contributed by atoms with Gasteiger partial charge in [-0.1, -0.05) is 18.2 Å². The van der Waals surface area contributed by atoms with E-state index in [0.717, 1.165) is 29.8 Å². The molecule has 1 fully saturated rings. The van der Waals surface area contributed by atoms with Gasteiger partial charge in [-0.15, -0.1) is 0 Å². The number of aryl methyl sites for hydroxylation is 1. The number of hydrogen-bond donors (Lipinski definition) is 0. The third-order valence-electron chi connectivity index (χ3n) is 5.16. The zero-order chi connectivity index (χ0) is 16.5. The lowest BCUT2D eigenvalue weighted by Gasteiger charge is -2.15. The highest BCUT2D eigenvalue weighted by Crippen LogP contribution is 2.32. The standard InChI is InChI=1S/C21H23FN2/c1-16-7-8-17(22)15-20(16)18-5-4-6-21-19(18)9-12-24(21)14-13-23-10-2-3-11-23/h4-9,12,15H,2-3,10-11,13-14H2,1H3. The summed E-state index contributed by atoms with van der Waals surface area (Å²) >= 11 is 0. The first-order chi connectivity index (χ1) is 11.7. The topological polar surface area (TPSA) is 8.17 Å². The Morgan fingerprint density at radius 2 is 1.79 bits per heavy atom. The summed E-state index contributed by atoms with van der Waals surface area (Å²) in [5.41, 5.74) is 4.44. The zero-order valence-corrected chi connectivity index (χ0v) is 14.1. The monoisotopic (exact) mass is 322 g/mol. The SMILES string of the molecule is Cc1ccc(F)cc1-c1cccc2c1ccn2CCN1CCCC1. The number of hydrogen-bond acceptors (Lipinski definition) is 1. The van der Waals surface area contributed by atoms with Gasteiger partial charge in [-0.3, -0.25) is 0 Å². The normalized spacial score (nSPS) is 15.4. The molecule has 1 aliphatic heterocycles. The molecule has 2 aromatic carbocycles. The highest BCUT2D eigenvalue weighted by atomic mass is 19.1. The van der Waals surface area contributed by atoms with Crippen LogP contribution in [0.4, 0.5) is 4.39 Å². The molecule has 1 aromatic heterocycles. The molecule has 24 heavy (non-hydrogen) atoms. The highest BCUT2D eigenvalue weighted by molar-refractivity contribution is 5.96. The van der Waals surface area contributed by atoms with Gasteiger partial charge < -0.3 is 9.47 Å². The average Bonchev–Trinajstić information content (AvgIpc) is 3.24. The molecule has 2 nitrogen and oxygen atoms in total. The fourth-order valence-electron chi connectivity index (χ4n) is 3.79. The fourth-order valence-corrected chi connectivity index (χ4v) is 3.79. The van der Waals surface area contributed by atoms with Crippen molar-refractivity contribution in [2.24, 2.45) is 0 Å². The Hall–Kier alpha value is -2.13. The van der Waals surface area contributed by atoms with Crippen molar-refractivity contribution in [2.75, 3.05) is 19.6 Å². The largest absolute Gasteiger partial charge is 0.346 e. The Labute approximate surface area is 142 Å². The third-order valence-corrected chi connectivity index (χ3v) is 5.16. The summed E-state index contributed by atoms with van der Waals surface area (Å²) in [5.74, 6) is -0.180. The van der Waals surface area contributed by atoms with Gasteiger partial charge in [0.05, 0.1) is 0 Å². The number of benzene rings is 2. The van der Waals surface area contributed by atoms with E-state index in [1.54, 1.807) is 6.07 Å². The maximum atomic E-state index is 13.7. The Bertz CT molecular complexity index is 859. The van der Waals surface area contributed by atoms with Crippen LogP contribution in [-0.2, 0) is 6.54 Å². The molecule has 0 spiro atoms. The zero-order valence-electron chi connectivity index (χ0n) is 14.1. The lowest BCUT2D eigenvalue weighted by molar-refractivity contribution is 0.324. The molecule has 1 aliphatic rings. The van der Waals surface area contributed by atoms with E-state index in [0.29, 0.717) is 0 Å². The van der Waals surface area contributed by atoms with Crippen LogP contribution in [0.3, 0.4) is 0 Å². The van der Waals surface area contributed by atoms with E-state index in [-0.39, 0.29) is 5.82 Å². The van der Waals surface area contributed by atoms with Crippen LogP contribution >= 0.6 is 0 Å². The summed E-state index contributed by atoms with van der Waals surface area (Å²) in [4.78, 5) is 2.53. The maximum absolute atomic E-state index is 13.7. The van der Waals surface area contributed by atoms with Crippen molar-refractivity contribution in [2.45, 2.75) is 26.3 Å². The van der Waals surface area contributed by atoms with E-state index in [4.69, 9.17) is 0 Å². The van der Waals surface area contributed by atoms with Gasteiger partial charge in [0.25, 0.3) is 0 Å². The lowest BCUT2D eigenvalue weighted by Crippen LogP contribution is -2.23.